The smallest absolute Gasteiger partial charge is 0.407 e. The molecule has 0 saturated carbocycles. The summed E-state index contributed by atoms with van der Waals surface area (Å²) < 4.78 is 22.5. The lowest BCUT2D eigenvalue weighted by Crippen LogP contribution is -2.48. The predicted molar refractivity (Wildman–Crippen MR) is 93.6 cm³/mol. The predicted octanol–water partition coefficient (Wildman–Crippen LogP) is 2.31. The third kappa shape index (κ3) is 3.03. The van der Waals surface area contributed by atoms with Crippen LogP contribution in [0.2, 0.25) is 0 Å². The number of rotatable bonds is 4. The summed E-state index contributed by atoms with van der Waals surface area (Å²) in [6.45, 7) is 4.69. The van der Waals surface area contributed by atoms with E-state index in [4.69, 9.17) is 18.6 Å². The van der Waals surface area contributed by atoms with Crippen LogP contribution in [0.5, 0.6) is 5.75 Å². The molecule has 2 saturated heterocycles. The van der Waals surface area contributed by atoms with Crippen molar-refractivity contribution in [3.8, 4) is 5.75 Å². The zero-order valence-electron chi connectivity index (χ0n) is 14.7. The number of alkyl carbamates (subject to hydrolysis) is 1. The molecule has 0 bridgehead atoms. The van der Waals surface area contributed by atoms with Crippen LogP contribution in [0.25, 0.3) is 11.0 Å². The Morgan fingerprint density at radius 3 is 2.92 bits per heavy atom. The minimum absolute atomic E-state index is 0.0386. The number of carbonyl (C=O) groups excluding carboxylic acids is 1. The van der Waals surface area contributed by atoms with Gasteiger partial charge in [0, 0.05) is 12.7 Å². The second-order valence-corrected chi connectivity index (χ2v) is 6.71. The van der Waals surface area contributed by atoms with Crippen molar-refractivity contribution in [2.45, 2.75) is 44.9 Å². The lowest BCUT2D eigenvalue weighted by molar-refractivity contribution is -0.0847. The molecule has 0 unspecified atom stereocenters. The average Bonchev–Trinajstić information content (AvgIpc) is 2.99. The molecule has 138 valence electrons. The van der Waals surface area contributed by atoms with Gasteiger partial charge in [-0.3, -0.25) is 0 Å². The van der Waals surface area contributed by atoms with Gasteiger partial charge in [-0.2, -0.15) is 0 Å². The summed E-state index contributed by atoms with van der Waals surface area (Å²) in [4.78, 5) is 23.3. The lowest BCUT2D eigenvalue weighted by atomic mass is 10.0. The molecule has 26 heavy (non-hydrogen) atoms. The van der Waals surface area contributed by atoms with E-state index in [0.29, 0.717) is 24.4 Å². The lowest BCUT2D eigenvalue weighted by Gasteiger charge is -2.31. The molecule has 0 aliphatic carbocycles. The highest BCUT2D eigenvalue weighted by atomic mass is 16.6. The van der Waals surface area contributed by atoms with Crippen LogP contribution < -0.4 is 15.7 Å². The molecular weight excluding hydrogens is 338 g/mol. The molecule has 1 amide bonds. The Morgan fingerprint density at radius 2 is 2.12 bits per heavy atom. The maximum Gasteiger partial charge on any atom is 0.407 e. The first kappa shape index (κ1) is 16.9. The van der Waals surface area contributed by atoms with Crippen molar-refractivity contribution in [1.82, 2.24) is 5.32 Å². The van der Waals surface area contributed by atoms with Gasteiger partial charge in [0.2, 0.25) is 0 Å². The van der Waals surface area contributed by atoms with Crippen LogP contribution in [0.4, 0.5) is 4.79 Å². The molecule has 2 aromatic rings. The number of carbonyl (C=O) groups is 1. The summed E-state index contributed by atoms with van der Waals surface area (Å²) in [6, 6.07) is 5.21. The van der Waals surface area contributed by atoms with E-state index in [-0.39, 0.29) is 30.5 Å². The van der Waals surface area contributed by atoms with Crippen LogP contribution in [0.1, 0.15) is 24.5 Å². The van der Waals surface area contributed by atoms with Crippen molar-refractivity contribution >= 4 is 17.1 Å². The summed E-state index contributed by atoms with van der Waals surface area (Å²) >= 11 is 0. The maximum atomic E-state index is 11.8. The molecule has 3 atom stereocenters. The third-order valence-electron chi connectivity index (χ3n) is 4.89. The Hall–Kier alpha value is -2.54. The van der Waals surface area contributed by atoms with Crippen molar-refractivity contribution in [1.29, 1.82) is 0 Å². The molecule has 4 rings (SSSR count). The van der Waals surface area contributed by atoms with E-state index in [0.717, 1.165) is 22.9 Å². The van der Waals surface area contributed by atoms with Gasteiger partial charge in [-0.25, -0.2) is 9.59 Å². The minimum Gasteiger partial charge on any atom is -0.490 e. The topological polar surface area (TPSA) is 87.0 Å². The van der Waals surface area contributed by atoms with E-state index < -0.39 is 6.09 Å². The molecule has 2 fully saturated rings. The molecule has 1 N–H and O–H groups in total. The summed E-state index contributed by atoms with van der Waals surface area (Å²) in [7, 11) is 0. The van der Waals surface area contributed by atoms with Gasteiger partial charge in [0.1, 0.15) is 24.0 Å². The number of aryl methyl sites for hydroxylation is 2. The standard InChI is InChI=1S/C19H21NO6/c1-3-11-8-16(21)25-14-7-10(2)6-13(17(11)14)24-9-15-18-12(4-5-23-15)20-19(22)26-18/h6-8,12,15,18H,3-5,9H2,1-2H3,(H,20,22)/t12-,15+,18-/m0/s1. The second kappa shape index (κ2) is 6.64. The number of amides is 1. The molecule has 2 aliphatic heterocycles. The first-order valence-electron chi connectivity index (χ1n) is 8.84. The van der Waals surface area contributed by atoms with Crippen LogP contribution in [-0.4, -0.2) is 37.6 Å². The number of ether oxygens (including phenoxy) is 3. The Balaban J connectivity index is 1.63. The van der Waals surface area contributed by atoms with Crippen molar-refractivity contribution in [3.63, 3.8) is 0 Å². The summed E-state index contributed by atoms with van der Waals surface area (Å²) in [6.07, 6.45) is 0.311. The van der Waals surface area contributed by atoms with Crippen LogP contribution in [-0.2, 0) is 15.9 Å². The summed E-state index contributed by atoms with van der Waals surface area (Å²) in [5, 5.41) is 3.60. The van der Waals surface area contributed by atoms with Crippen molar-refractivity contribution < 1.29 is 23.4 Å². The molecule has 7 nitrogen and oxygen atoms in total. The van der Waals surface area contributed by atoms with E-state index >= 15 is 0 Å². The zero-order chi connectivity index (χ0) is 18.3. The number of nitrogens with one attached hydrogen (secondary N) is 1. The Labute approximate surface area is 150 Å². The number of benzene rings is 1. The quantitative estimate of drug-likeness (QED) is 0.843. The fourth-order valence-electron chi connectivity index (χ4n) is 3.66. The first-order valence-corrected chi connectivity index (χ1v) is 8.84. The van der Waals surface area contributed by atoms with Gasteiger partial charge in [0.25, 0.3) is 0 Å². The van der Waals surface area contributed by atoms with Gasteiger partial charge in [-0.15, -0.1) is 0 Å². The summed E-state index contributed by atoms with van der Waals surface area (Å²) in [5.74, 6) is 0.642. The van der Waals surface area contributed by atoms with Gasteiger partial charge in [0.15, 0.2) is 6.10 Å². The average molecular weight is 359 g/mol. The number of fused-ring (bicyclic) bond motifs is 2. The molecule has 2 aliphatic rings. The number of hydrogen-bond acceptors (Lipinski definition) is 6. The zero-order valence-corrected chi connectivity index (χ0v) is 14.7. The first-order chi connectivity index (χ1) is 12.5. The normalized spacial score (nSPS) is 24.8. The Kier molecular flexibility index (Phi) is 4.32. The van der Waals surface area contributed by atoms with Gasteiger partial charge in [-0.1, -0.05) is 6.92 Å². The molecular formula is C19H21NO6. The van der Waals surface area contributed by atoms with Crippen LogP contribution in [0.3, 0.4) is 0 Å². The SMILES string of the molecule is CCc1cc(=O)oc2cc(C)cc(OC[C@H]3OCC[C@@H]4NC(=O)O[C@@H]43)c12. The third-order valence-corrected chi connectivity index (χ3v) is 4.89. The monoisotopic (exact) mass is 359 g/mol. The van der Waals surface area contributed by atoms with Gasteiger partial charge >= 0.3 is 11.7 Å². The second-order valence-electron chi connectivity index (χ2n) is 6.71. The highest BCUT2D eigenvalue weighted by Crippen LogP contribution is 2.31. The fraction of sp³-hybridized carbons (Fsp3) is 0.474. The van der Waals surface area contributed by atoms with E-state index in [1.54, 1.807) is 0 Å². The Morgan fingerprint density at radius 1 is 1.27 bits per heavy atom. The summed E-state index contributed by atoms with van der Waals surface area (Å²) in [5.41, 5.74) is 1.96. The van der Waals surface area contributed by atoms with E-state index in [1.807, 2.05) is 26.0 Å². The minimum atomic E-state index is -0.411. The van der Waals surface area contributed by atoms with Gasteiger partial charge in [0.05, 0.1) is 11.4 Å². The van der Waals surface area contributed by atoms with Gasteiger partial charge < -0.3 is 23.9 Å². The molecule has 3 heterocycles. The fourth-order valence-corrected chi connectivity index (χ4v) is 3.66. The number of hydrogen-bond donors (Lipinski definition) is 1. The highest BCUT2D eigenvalue weighted by molar-refractivity contribution is 5.87. The van der Waals surface area contributed by atoms with Gasteiger partial charge in [-0.05, 0) is 43.0 Å². The highest BCUT2D eigenvalue weighted by Gasteiger charge is 2.43. The van der Waals surface area contributed by atoms with Crippen LogP contribution in [0, 0.1) is 6.92 Å². The molecule has 0 spiro atoms. The molecule has 1 aromatic carbocycles. The Bertz CT molecular complexity index is 905. The van der Waals surface area contributed by atoms with E-state index in [2.05, 4.69) is 5.32 Å². The van der Waals surface area contributed by atoms with E-state index in [9.17, 15) is 9.59 Å². The largest absolute Gasteiger partial charge is 0.490 e. The van der Waals surface area contributed by atoms with Crippen molar-refractivity contribution in [3.05, 3.63) is 39.7 Å². The van der Waals surface area contributed by atoms with Crippen molar-refractivity contribution in [2.75, 3.05) is 13.2 Å². The molecule has 1 aromatic heterocycles. The van der Waals surface area contributed by atoms with Crippen molar-refractivity contribution in [2.24, 2.45) is 0 Å². The van der Waals surface area contributed by atoms with Crippen LogP contribution in [0.15, 0.2) is 27.4 Å². The molecule has 7 heteroatoms. The maximum absolute atomic E-state index is 11.8. The molecule has 0 radical (unpaired) electrons. The van der Waals surface area contributed by atoms with E-state index in [1.165, 1.54) is 6.07 Å². The van der Waals surface area contributed by atoms with Crippen LogP contribution >= 0.6 is 0 Å².